The van der Waals surface area contributed by atoms with Crippen molar-refractivity contribution in [3.05, 3.63) is 34.4 Å². The standard InChI is InChI=1S/C16H25N3OS/c1-10-7-12(3)15(8-11(10)2)14(5)18-19-16(21)17-13(4)9-20-6/h7-8,13H,9H2,1-6H3,(H2,17,19,21)/b18-14-/t13-/m0/s1. The molecule has 0 saturated carbocycles. The van der Waals surface area contributed by atoms with Gasteiger partial charge < -0.3 is 10.1 Å². The molecule has 1 rings (SSSR count). The van der Waals surface area contributed by atoms with Crippen molar-refractivity contribution in [2.75, 3.05) is 13.7 Å². The molecule has 1 atom stereocenters. The minimum atomic E-state index is 0.147. The Kier molecular flexibility index (Phi) is 6.78. The number of hydrogen-bond donors (Lipinski definition) is 2. The summed E-state index contributed by atoms with van der Waals surface area (Å²) in [6.45, 7) is 10.9. The van der Waals surface area contributed by atoms with Gasteiger partial charge in [0.2, 0.25) is 0 Å². The van der Waals surface area contributed by atoms with Crippen LogP contribution in [0.4, 0.5) is 0 Å². The van der Waals surface area contributed by atoms with Gasteiger partial charge in [-0.3, -0.25) is 5.43 Å². The van der Waals surface area contributed by atoms with Crippen molar-refractivity contribution in [1.29, 1.82) is 0 Å². The topological polar surface area (TPSA) is 45.6 Å². The highest BCUT2D eigenvalue weighted by atomic mass is 32.1. The van der Waals surface area contributed by atoms with Crippen molar-refractivity contribution < 1.29 is 4.74 Å². The van der Waals surface area contributed by atoms with E-state index in [9.17, 15) is 0 Å². The van der Waals surface area contributed by atoms with Gasteiger partial charge in [0.15, 0.2) is 5.11 Å². The van der Waals surface area contributed by atoms with E-state index in [0.717, 1.165) is 11.3 Å². The summed E-state index contributed by atoms with van der Waals surface area (Å²) in [4.78, 5) is 0. The van der Waals surface area contributed by atoms with Gasteiger partial charge in [-0.1, -0.05) is 6.07 Å². The van der Waals surface area contributed by atoms with E-state index >= 15 is 0 Å². The summed E-state index contributed by atoms with van der Waals surface area (Å²) in [6, 6.07) is 4.49. The van der Waals surface area contributed by atoms with Crippen molar-refractivity contribution in [3.8, 4) is 0 Å². The lowest BCUT2D eigenvalue weighted by atomic mass is 9.98. The monoisotopic (exact) mass is 307 g/mol. The molecule has 0 aliphatic carbocycles. The molecule has 5 heteroatoms. The maximum atomic E-state index is 5.21. The van der Waals surface area contributed by atoms with Gasteiger partial charge in [0.05, 0.1) is 12.3 Å². The zero-order valence-electron chi connectivity index (χ0n) is 13.7. The number of rotatable bonds is 5. The predicted molar refractivity (Wildman–Crippen MR) is 93.1 cm³/mol. The molecule has 4 nitrogen and oxygen atoms in total. The minimum Gasteiger partial charge on any atom is -0.383 e. The third-order valence-corrected chi connectivity index (χ3v) is 3.56. The molecule has 0 aromatic heterocycles. The minimum absolute atomic E-state index is 0.147. The van der Waals surface area contributed by atoms with Crippen molar-refractivity contribution >= 4 is 23.0 Å². The fourth-order valence-electron chi connectivity index (χ4n) is 2.09. The maximum Gasteiger partial charge on any atom is 0.187 e. The second kappa shape index (κ2) is 8.10. The van der Waals surface area contributed by atoms with Crippen LogP contribution < -0.4 is 10.7 Å². The van der Waals surface area contributed by atoms with E-state index in [2.05, 4.69) is 48.7 Å². The molecule has 0 bridgehead atoms. The Hall–Kier alpha value is -1.46. The Morgan fingerprint density at radius 2 is 1.86 bits per heavy atom. The molecule has 0 saturated heterocycles. The molecule has 0 amide bonds. The first-order chi connectivity index (χ1) is 9.85. The molecule has 2 N–H and O–H groups in total. The van der Waals surface area contributed by atoms with Crippen molar-refractivity contribution in [2.45, 2.75) is 40.7 Å². The molecule has 0 spiro atoms. The lowest BCUT2D eigenvalue weighted by Gasteiger charge is -2.15. The van der Waals surface area contributed by atoms with Crippen molar-refractivity contribution in [2.24, 2.45) is 5.10 Å². The SMILES string of the molecule is COC[C@H](C)NC(=S)N/N=C(/C)c1cc(C)c(C)cc1C. The van der Waals surface area contributed by atoms with Crippen LogP contribution in [0.2, 0.25) is 0 Å². The summed E-state index contributed by atoms with van der Waals surface area (Å²) < 4.78 is 5.05. The third-order valence-electron chi connectivity index (χ3n) is 3.35. The smallest absolute Gasteiger partial charge is 0.187 e. The summed E-state index contributed by atoms with van der Waals surface area (Å²) in [6.07, 6.45) is 0. The molecule has 0 aliphatic rings. The van der Waals surface area contributed by atoms with E-state index in [1.807, 2.05) is 13.8 Å². The highest BCUT2D eigenvalue weighted by Crippen LogP contribution is 2.16. The van der Waals surface area contributed by atoms with E-state index < -0.39 is 0 Å². The number of nitrogens with zero attached hydrogens (tertiary/aromatic N) is 1. The molecule has 21 heavy (non-hydrogen) atoms. The van der Waals surface area contributed by atoms with E-state index in [1.165, 1.54) is 16.7 Å². The zero-order chi connectivity index (χ0) is 16.0. The van der Waals surface area contributed by atoms with Crippen molar-refractivity contribution in [3.63, 3.8) is 0 Å². The van der Waals surface area contributed by atoms with Crippen LogP contribution in [0.15, 0.2) is 17.2 Å². The van der Waals surface area contributed by atoms with E-state index in [-0.39, 0.29) is 6.04 Å². The van der Waals surface area contributed by atoms with Crippen LogP contribution in [0.5, 0.6) is 0 Å². The Bertz CT molecular complexity index is 541. The lowest BCUT2D eigenvalue weighted by molar-refractivity contribution is 0.179. The van der Waals surface area contributed by atoms with Crippen LogP contribution in [0, 0.1) is 20.8 Å². The first-order valence-electron chi connectivity index (χ1n) is 7.03. The average Bonchev–Trinajstić information content (AvgIpc) is 2.40. The molecule has 0 fully saturated rings. The van der Waals surface area contributed by atoms with Gasteiger partial charge in [-0.2, -0.15) is 5.10 Å². The normalized spacial score (nSPS) is 13.0. The van der Waals surface area contributed by atoms with Crippen LogP contribution >= 0.6 is 12.2 Å². The summed E-state index contributed by atoms with van der Waals surface area (Å²) in [7, 11) is 1.67. The summed E-state index contributed by atoms with van der Waals surface area (Å²) in [5.74, 6) is 0. The predicted octanol–water partition coefficient (Wildman–Crippen LogP) is 2.83. The van der Waals surface area contributed by atoms with Crippen LogP contribution in [0.3, 0.4) is 0 Å². The van der Waals surface area contributed by atoms with Gasteiger partial charge in [-0.25, -0.2) is 0 Å². The molecule has 0 aliphatic heterocycles. The number of ether oxygens (including phenoxy) is 1. The largest absolute Gasteiger partial charge is 0.383 e. The van der Waals surface area contributed by atoms with Crippen molar-refractivity contribution in [1.82, 2.24) is 10.7 Å². The summed E-state index contributed by atoms with van der Waals surface area (Å²) >= 11 is 5.21. The van der Waals surface area contributed by atoms with Gasteiger partial charge in [0.1, 0.15) is 0 Å². The molecule has 116 valence electrons. The van der Waals surface area contributed by atoms with Gasteiger partial charge in [0, 0.05) is 18.7 Å². The second-order valence-corrected chi connectivity index (χ2v) is 5.80. The number of nitrogens with one attached hydrogen (secondary N) is 2. The first kappa shape index (κ1) is 17.6. The number of thiocarbonyl (C=S) groups is 1. The molecule has 1 aromatic carbocycles. The highest BCUT2D eigenvalue weighted by Gasteiger charge is 2.06. The molecular formula is C16H25N3OS. The van der Waals surface area contributed by atoms with Gasteiger partial charge in [0.25, 0.3) is 0 Å². The number of aryl methyl sites for hydroxylation is 3. The Morgan fingerprint density at radius 3 is 2.48 bits per heavy atom. The number of hydrogen-bond acceptors (Lipinski definition) is 3. The molecule has 1 aromatic rings. The van der Waals surface area contributed by atoms with Crippen LogP contribution in [0.1, 0.15) is 36.1 Å². The van der Waals surface area contributed by atoms with Gasteiger partial charge >= 0.3 is 0 Å². The molecule has 0 heterocycles. The van der Waals surface area contributed by atoms with Gasteiger partial charge in [-0.05, 0) is 69.6 Å². The van der Waals surface area contributed by atoms with E-state index in [0.29, 0.717) is 11.7 Å². The molecular weight excluding hydrogens is 282 g/mol. The van der Waals surface area contributed by atoms with E-state index in [1.54, 1.807) is 7.11 Å². The molecule has 0 radical (unpaired) electrons. The fourth-order valence-corrected chi connectivity index (χ4v) is 2.34. The number of hydrazone groups is 1. The Labute approximate surface area is 133 Å². The van der Waals surface area contributed by atoms with E-state index in [4.69, 9.17) is 17.0 Å². The Balaban J connectivity index is 2.73. The quantitative estimate of drug-likeness (QED) is 0.499. The summed E-state index contributed by atoms with van der Waals surface area (Å²) in [5, 5.41) is 7.97. The number of benzene rings is 1. The zero-order valence-corrected chi connectivity index (χ0v) is 14.5. The first-order valence-corrected chi connectivity index (χ1v) is 7.44. The average molecular weight is 307 g/mol. The fraction of sp³-hybridized carbons (Fsp3) is 0.500. The van der Waals surface area contributed by atoms with Crippen LogP contribution in [0.25, 0.3) is 0 Å². The second-order valence-electron chi connectivity index (χ2n) is 5.39. The van der Waals surface area contributed by atoms with Crippen LogP contribution in [-0.4, -0.2) is 30.6 Å². The lowest BCUT2D eigenvalue weighted by Crippen LogP contribution is -2.40. The summed E-state index contributed by atoms with van der Waals surface area (Å²) in [5.41, 5.74) is 8.71. The maximum absolute atomic E-state index is 5.21. The highest BCUT2D eigenvalue weighted by molar-refractivity contribution is 7.80. The van der Waals surface area contributed by atoms with Crippen LogP contribution in [-0.2, 0) is 4.74 Å². The number of methoxy groups -OCH3 is 1. The third kappa shape index (κ3) is 5.44. The Morgan fingerprint density at radius 1 is 1.24 bits per heavy atom. The van der Waals surface area contributed by atoms with Gasteiger partial charge in [-0.15, -0.1) is 0 Å². The molecule has 0 unspecified atom stereocenters.